The number of nitrogens with zero attached hydrogens (tertiary/aromatic N) is 1. The number of oxime groups is 1. The van der Waals surface area contributed by atoms with E-state index in [9.17, 15) is 4.79 Å². The summed E-state index contributed by atoms with van der Waals surface area (Å²) in [5.41, 5.74) is 3.94. The van der Waals surface area contributed by atoms with Gasteiger partial charge in [0.2, 0.25) is 0 Å². The minimum atomic E-state index is -0.432. The first kappa shape index (κ1) is 17.0. The van der Waals surface area contributed by atoms with E-state index in [1.54, 1.807) is 6.08 Å². The summed E-state index contributed by atoms with van der Waals surface area (Å²) < 4.78 is 5.66. The van der Waals surface area contributed by atoms with E-state index in [-0.39, 0.29) is 0 Å². The number of hydrogen-bond donors (Lipinski definition) is 0. The molecule has 2 aromatic rings. The molecule has 0 fully saturated rings. The number of carbonyl (C=O) groups is 1. The maximum Gasteiger partial charge on any atom is 0.368 e. The smallest absolute Gasteiger partial charge is 0.368 e. The fourth-order valence-electron chi connectivity index (χ4n) is 2.49. The number of aryl methyl sites for hydroxylation is 1. The van der Waals surface area contributed by atoms with Crippen LogP contribution in [-0.2, 0) is 9.63 Å². The molecular weight excluding hydrogens is 314 g/mol. The summed E-state index contributed by atoms with van der Waals surface area (Å²) in [4.78, 5) is 16.9. The Labute approximate surface area is 147 Å². The van der Waals surface area contributed by atoms with E-state index in [0.29, 0.717) is 17.9 Å². The van der Waals surface area contributed by atoms with Gasteiger partial charge in [0.05, 0.1) is 12.2 Å². The van der Waals surface area contributed by atoms with Crippen LogP contribution in [0.4, 0.5) is 0 Å². The fraction of sp³-hybridized carbons (Fsp3) is 0.238. The summed E-state index contributed by atoms with van der Waals surface area (Å²) in [6, 6.07) is 15.5. The predicted molar refractivity (Wildman–Crippen MR) is 98.6 cm³/mol. The van der Waals surface area contributed by atoms with Crippen LogP contribution in [0.25, 0.3) is 6.08 Å². The second kappa shape index (κ2) is 7.79. The van der Waals surface area contributed by atoms with Crippen molar-refractivity contribution in [2.45, 2.75) is 26.7 Å². The van der Waals surface area contributed by atoms with Crippen molar-refractivity contribution in [2.24, 2.45) is 5.16 Å². The predicted octanol–water partition coefficient (Wildman–Crippen LogP) is 4.52. The van der Waals surface area contributed by atoms with Gasteiger partial charge in [-0.25, -0.2) is 4.79 Å². The van der Waals surface area contributed by atoms with Crippen LogP contribution < -0.4 is 4.74 Å². The van der Waals surface area contributed by atoms with Gasteiger partial charge in [-0.15, -0.1) is 0 Å². The van der Waals surface area contributed by atoms with Crippen LogP contribution in [0.15, 0.2) is 59.3 Å². The van der Waals surface area contributed by atoms with Crippen molar-refractivity contribution in [3.63, 3.8) is 0 Å². The minimum Gasteiger partial charge on any atom is -0.494 e. The number of benzene rings is 2. The molecule has 1 aliphatic heterocycles. The van der Waals surface area contributed by atoms with Gasteiger partial charge in [0.1, 0.15) is 11.5 Å². The van der Waals surface area contributed by atoms with Crippen molar-refractivity contribution in [1.82, 2.24) is 0 Å². The molecule has 0 spiro atoms. The Morgan fingerprint density at radius 1 is 1.08 bits per heavy atom. The fourth-order valence-corrected chi connectivity index (χ4v) is 2.49. The van der Waals surface area contributed by atoms with Crippen LogP contribution in [0.5, 0.6) is 5.75 Å². The number of unbranched alkanes of at least 4 members (excludes halogenated alkanes) is 1. The van der Waals surface area contributed by atoms with Crippen LogP contribution in [0.2, 0.25) is 0 Å². The average Bonchev–Trinajstić information content (AvgIpc) is 2.98. The van der Waals surface area contributed by atoms with Crippen molar-refractivity contribution in [3.05, 3.63) is 70.8 Å². The van der Waals surface area contributed by atoms with E-state index >= 15 is 0 Å². The lowest BCUT2D eigenvalue weighted by Gasteiger charge is -2.05. The van der Waals surface area contributed by atoms with E-state index in [1.165, 1.54) is 0 Å². The average molecular weight is 335 g/mol. The molecule has 0 unspecified atom stereocenters. The van der Waals surface area contributed by atoms with Gasteiger partial charge in [-0.3, -0.25) is 0 Å². The lowest BCUT2D eigenvalue weighted by atomic mass is 10.00. The van der Waals surface area contributed by atoms with E-state index in [0.717, 1.165) is 35.3 Å². The van der Waals surface area contributed by atoms with Crippen molar-refractivity contribution in [2.75, 3.05) is 6.61 Å². The Kier molecular flexibility index (Phi) is 5.29. The second-order valence-electron chi connectivity index (χ2n) is 6.01. The molecule has 25 heavy (non-hydrogen) atoms. The van der Waals surface area contributed by atoms with Gasteiger partial charge in [-0.2, -0.15) is 0 Å². The lowest BCUT2D eigenvalue weighted by Crippen LogP contribution is -2.06. The SMILES string of the molecule is CCCCOc1ccc(C=C2C(=O)ON=C2c2ccc(C)cc2)cc1. The normalized spacial score (nSPS) is 15.2. The highest BCUT2D eigenvalue weighted by Crippen LogP contribution is 2.22. The Hall–Kier alpha value is -2.88. The summed E-state index contributed by atoms with van der Waals surface area (Å²) >= 11 is 0. The molecule has 2 aromatic carbocycles. The molecule has 0 amide bonds. The summed E-state index contributed by atoms with van der Waals surface area (Å²) in [6.07, 6.45) is 3.94. The van der Waals surface area contributed by atoms with Crippen molar-refractivity contribution >= 4 is 17.8 Å². The van der Waals surface area contributed by atoms with Crippen LogP contribution in [-0.4, -0.2) is 18.3 Å². The number of hydrogen-bond acceptors (Lipinski definition) is 4. The van der Waals surface area contributed by atoms with E-state index in [1.807, 2.05) is 55.5 Å². The highest BCUT2D eigenvalue weighted by atomic mass is 16.7. The van der Waals surface area contributed by atoms with Gasteiger partial charge < -0.3 is 9.57 Å². The molecule has 0 saturated carbocycles. The first-order valence-corrected chi connectivity index (χ1v) is 8.48. The highest BCUT2D eigenvalue weighted by Gasteiger charge is 2.26. The highest BCUT2D eigenvalue weighted by molar-refractivity contribution is 6.31. The van der Waals surface area contributed by atoms with Crippen LogP contribution in [0, 0.1) is 6.92 Å². The Morgan fingerprint density at radius 2 is 1.80 bits per heavy atom. The van der Waals surface area contributed by atoms with E-state index < -0.39 is 5.97 Å². The van der Waals surface area contributed by atoms with E-state index in [4.69, 9.17) is 9.57 Å². The monoisotopic (exact) mass is 335 g/mol. The first-order valence-electron chi connectivity index (χ1n) is 8.48. The molecule has 0 bridgehead atoms. The second-order valence-corrected chi connectivity index (χ2v) is 6.01. The quantitative estimate of drug-likeness (QED) is 0.443. The third kappa shape index (κ3) is 4.15. The number of rotatable bonds is 6. The first-order chi connectivity index (χ1) is 12.2. The topological polar surface area (TPSA) is 47.9 Å². The maximum atomic E-state index is 12.0. The van der Waals surface area contributed by atoms with Gasteiger partial charge in [-0.05, 0) is 37.1 Å². The molecule has 0 aliphatic carbocycles. The summed E-state index contributed by atoms with van der Waals surface area (Å²) in [5.74, 6) is 0.399. The molecule has 0 N–H and O–H groups in total. The minimum absolute atomic E-state index is 0.432. The van der Waals surface area contributed by atoms with Gasteiger partial charge >= 0.3 is 5.97 Å². The van der Waals surface area contributed by atoms with Crippen molar-refractivity contribution in [3.8, 4) is 5.75 Å². The molecule has 0 atom stereocenters. The van der Waals surface area contributed by atoms with Crippen LogP contribution in [0.1, 0.15) is 36.5 Å². The molecular formula is C21H21NO3. The van der Waals surface area contributed by atoms with Crippen molar-refractivity contribution in [1.29, 1.82) is 0 Å². The molecule has 4 nitrogen and oxygen atoms in total. The molecule has 4 heteroatoms. The molecule has 1 heterocycles. The van der Waals surface area contributed by atoms with E-state index in [2.05, 4.69) is 12.1 Å². The lowest BCUT2D eigenvalue weighted by molar-refractivity contribution is -0.136. The Bertz CT molecular complexity index is 802. The molecule has 1 aliphatic rings. The Morgan fingerprint density at radius 3 is 2.48 bits per heavy atom. The summed E-state index contributed by atoms with van der Waals surface area (Å²) in [6.45, 7) is 4.86. The maximum absolute atomic E-state index is 12.0. The van der Waals surface area contributed by atoms with Gasteiger partial charge in [0, 0.05) is 5.56 Å². The zero-order chi connectivity index (χ0) is 17.6. The third-order valence-electron chi connectivity index (χ3n) is 3.98. The third-order valence-corrected chi connectivity index (χ3v) is 3.98. The molecule has 128 valence electrons. The summed E-state index contributed by atoms with van der Waals surface area (Å²) in [5, 5.41) is 3.94. The Balaban J connectivity index is 1.79. The van der Waals surface area contributed by atoms with Gasteiger partial charge in [-0.1, -0.05) is 60.5 Å². The molecule has 0 aromatic heterocycles. The van der Waals surface area contributed by atoms with Crippen molar-refractivity contribution < 1.29 is 14.4 Å². The summed E-state index contributed by atoms with van der Waals surface area (Å²) in [7, 11) is 0. The zero-order valence-corrected chi connectivity index (χ0v) is 14.5. The van der Waals surface area contributed by atoms with Gasteiger partial charge in [0.25, 0.3) is 0 Å². The molecule has 3 rings (SSSR count). The molecule has 0 saturated heterocycles. The standard InChI is InChI=1S/C21H21NO3/c1-3-4-13-24-18-11-7-16(8-12-18)14-19-20(22-25-21(19)23)17-9-5-15(2)6-10-17/h5-12,14H,3-4,13H2,1-2H3. The molecule has 0 radical (unpaired) electrons. The zero-order valence-electron chi connectivity index (χ0n) is 14.5. The van der Waals surface area contributed by atoms with Gasteiger partial charge in [0.15, 0.2) is 0 Å². The number of carbonyl (C=O) groups excluding carboxylic acids is 1. The number of ether oxygens (including phenoxy) is 1. The van der Waals surface area contributed by atoms with Crippen LogP contribution >= 0.6 is 0 Å². The largest absolute Gasteiger partial charge is 0.494 e. The van der Waals surface area contributed by atoms with Crippen LogP contribution in [0.3, 0.4) is 0 Å².